The molecule has 6 nitrogen and oxygen atoms in total. The molecule has 0 fully saturated rings. The van der Waals surface area contributed by atoms with Gasteiger partial charge in [0.25, 0.3) is 5.91 Å². The van der Waals surface area contributed by atoms with Crippen LogP contribution in [0.15, 0.2) is 95.9 Å². The van der Waals surface area contributed by atoms with E-state index in [4.69, 9.17) is 9.47 Å². The zero-order valence-electron chi connectivity index (χ0n) is 21.3. The van der Waals surface area contributed by atoms with Crippen molar-refractivity contribution in [3.63, 3.8) is 0 Å². The number of nitrogens with one attached hydrogen (secondary N) is 1. The highest BCUT2D eigenvalue weighted by Gasteiger charge is 2.25. The van der Waals surface area contributed by atoms with Crippen LogP contribution >= 0.6 is 11.8 Å². The second-order valence-corrected chi connectivity index (χ2v) is 9.87. The van der Waals surface area contributed by atoms with Crippen molar-refractivity contribution in [3.8, 4) is 11.5 Å². The maximum absolute atomic E-state index is 13.5. The number of hydrogen-bond donors (Lipinski definition) is 1. The fraction of sp³-hybridized carbons (Fsp3) is 0.161. The van der Waals surface area contributed by atoms with E-state index in [2.05, 4.69) is 17.4 Å². The van der Waals surface area contributed by atoms with Crippen molar-refractivity contribution in [3.05, 3.63) is 108 Å². The molecule has 1 aliphatic rings. The van der Waals surface area contributed by atoms with Gasteiger partial charge in [-0.05, 0) is 78.6 Å². The summed E-state index contributed by atoms with van der Waals surface area (Å²) in [5.74, 6) is 1.13. The second-order valence-electron chi connectivity index (χ2n) is 8.82. The predicted octanol–water partition coefficient (Wildman–Crippen LogP) is 6.51. The Labute approximate surface area is 226 Å². The molecule has 1 aliphatic heterocycles. The van der Waals surface area contributed by atoms with Crippen LogP contribution in [0, 0.1) is 0 Å². The standard InChI is InChI=1S/C31H28N2O4S/c1-36-28-18-13-23(19-29(28)37-2)31(35)32-24-14-16-25(17-15-24)38-20-30(34)33-26-9-5-3-7-21(26)11-12-22-8-4-6-10-27(22)33/h3-10,13-19H,11-12,20H2,1-2H3,(H,32,35). The molecule has 4 aromatic carbocycles. The number of nitrogens with zero attached hydrogens (tertiary/aromatic N) is 1. The Bertz CT molecular complexity index is 1420. The molecule has 0 saturated carbocycles. The summed E-state index contributed by atoms with van der Waals surface area (Å²) in [4.78, 5) is 29.1. The van der Waals surface area contributed by atoms with Crippen LogP contribution in [0.1, 0.15) is 21.5 Å². The number of rotatable bonds is 7. The van der Waals surface area contributed by atoms with Gasteiger partial charge in [0.15, 0.2) is 11.5 Å². The summed E-state index contributed by atoms with van der Waals surface area (Å²) in [7, 11) is 3.08. The molecule has 2 amide bonds. The number of amides is 2. The van der Waals surface area contributed by atoms with Crippen molar-refractivity contribution < 1.29 is 19.1 Å². The molecule has 0 spiro atoms. The lowest BCUT2D eigenvalue weighted by molar-refractivity contribution is -0.115. The lowest BCUT2D eigenvalue weighted by Gasteiger charge is -2.25. The van der Waals surface area contributed by atoms with Gasteiger partial charge in [-0.2, -0.15) is 0 Å². The first-order valence-electron chi connectivity index (χ1n) is 12.3. The first-order valence-corrected chi connectivity index (χ1v) is 13.3. The number of aryl methyl sites for hydroxylation is 2. The van der Waals surface area contributed by atoms with Crippen molar-refractivity contribution in [2.75, 3.05) is 30.2 Å². The van der Waals surface area contributed by atoms with Crippen LogP contribution in [-0.4, -0.2) is 31.8 Å². The number of hydrogen-bond acceptors (Lipinski definition) is 5. The third kappa shape index (κ3) is 5.38. The highest BCUT2D eigenvalue weighted by molar-refractivity contribution is 8.00. The quantitative estimate of drug-likeness (QED) is 0.279. The molecular weight excluding hydrogens is 496 g/mol. The highest BCUT2D eigenvalue weighted by Crippen LogP contribution is 2.37. The first kappa shape index (κ1) is 25.4. The minimum atomic E-state index is -0.250. The monoisotopic (exact) mass is 524 g/mol. The smallest absolute Gasteiger partial charge is 0.255 e. The molecule has 0 unspecified atom stereocenters. The van der Waals surface area contributed by atoms with Gasteiger partial charge < -0.3 is 14.8 Å². The van der Waals surface area contributed by atoms with E-state index >= 15 is 0 Å². The Balaban J connectivity index is 1.26. The summed E-state index contributed by atoms with van der Waals surface area (Å²) in [6.45, 7) is 0. The van der Waals surface area contributed by atoms with E-state index in [9.17, 15) is 9.59 Å². The number of fused-ring (bicyclic) bond motifs is 2. The average molecular weight is 525 g/mol. The average Bonchev–Trinajstić information content (AvgIpc) is 3.13. The van der Waals surface area contributed by atoms with E-state index in [1.807, 2.05) is 65.6 Å². The minimum Gasteiger partial charge on any atom is -0.493 e. The van der Waals surface area contributed by atoms with Gasteiger partial charge in [-0.1, -0.05) is 36.4 Å². The normalized spacial score (nSPS) is 12.1. The first-order chi connectivity index (χ1) is 18.6. The third-order valence-electron chi connectivity index (χ3n) is 6.50. The molecule has 5 rings (SSSR count). The molecule has 0 aliphatic carbocycles. The van der Waals surface area contributed by atoms with Crippen LogP contribution < -0.4 is 19.7 Å². The summed E-state index contributed by atoms with van der Waals surface area (Å²) in [6.07, 6.45) is 1.81. The summed E-state index contributed by atoms with van der Waals surface area (Å²) in [5.41, 5.74) is 5.39. The predicted molar refractivity (Wildman–Crippen MR) is 152 cm³/mol. The Hall–Kier alpha value is -4.23. The van der Waals surface area contributed by atoms with Crippen molar-refractivity contribution in [1.29, 1.82) is 0 Å². The lowest BCUT2D eigenvalue weighted by Crippen LogP contribution is -2.28. The number of carbonyl (C=O) groups is 2. The van der Waals surface area contributed by atoms with Crippen molar-refractivity contribution >= 4 is 40.6 Å². The molecule has 192 valence electrons. The molecule has 0 aromatic heterocycles. The van der Waals surface area contributed by atoms with Crippen LogP contribution in [0.2, 0.25) is 0 Å². The molecule has 0 radical (unpaired) electrons. The van der Waals surface area contributed by atoms with E-state index in [1.54, 1.807) is 25.3 Å². The van der Waals surface area contributed by atoms with E-state index < -0.39 is 0 Å². The molecule has 1 N–H and O–H groups in total. The Morgan fingerprint density at radius 1 is 0.789 bits per heavy atom. The number of benzene rings is 4. The highest BCUT2D eigenvalue weighted by atomic mass is 32.2. The van der Waals surface area contributed by atoms with E-state index in [-0.39, 0.29) is 11.8 Å². The number of methoxy groups -OCH3 is 2. The number of thioether (sulfide) groups is 1. The van der Waals surface area contributed by atoms with Gasteiger partial charge in [-0.25, -0.2) is 0 Å². The van der Waals surface area contributed by atoms with Crippen molar-refractivity contribution in [2.24, 2.45) is 0 Å². The van der Waals surface area contributed by atoms with E-state index in [1.165, 1.54) is 30.0 Å². The Morgan fingerprint density at radius 3 is 2.00 bits per heavy atom. The van der Waals surface area contributed by atoms with Gasteiger partial charge >= 0.3 is 0 Å². The van der Waals surface area contributed by atoms with Crippen molar-refractivity contribution in [2.45, 2.75) is 17.7 Å². The van der Waals surface area contributed by atoms with E-state index in [0.29, 0.717) is 28.5 Å². The van der Waals surface area contributed by atoms with Gasteiger partial charge in [-0.3, -0.25) is 14.5 Å². The molecule has 7 heteroatoms. The lowest BCUT2D eigenvalue weighted by atomic mass is 10.0. The van der Waals surface area contributed by atoms with Gasteiger partial charge in [0.05, 0.1) is 31.3 Å². The fourth-order valence-electron chi connectivity index (χ4n) is 4.57. The van der Waals surface area contributed by atoms with E-state index in [0.717, 1.165) is 29.1 Å². The molecular formula is C31H28N2O4S. The number of anilines is 3. The number of carbonyl (C=O) groups excluding carboxylic acids is 2. The largest absolute Gasteiger partial charge is 0.493 e. The van der Waals surface area contributed by atoms with Gasteiger partial charge in [0, 0.05) is 16.1 Å². The maximum atomic E-state index is 13.5. The molecule has 0 saturated heterocycles. The second kappa shape index (κ2) is 11.4. The third-order valence-corrected chi connectivity index (χ3v) is 7.50. The topological polar surface area (TPSA) is 67.9 Å². The summed E-state index contributed by atoms with van der Waals surface area (Å²) in [6, 6.07) is 28.8. The summed E-state index contributed by atoms with van der Waals surface area (Å²) in [5, 5.41) is 2.90. The fourth-order valence-corrected chi connectivity index (χ4v) is 5.32. The van der Waals surface area contributed by atoms with Gasteiger partial charge in [-0.15, -0.1) is 11.8 Å². The maximum Gasteiger partial charge on any atom is 0.255 e. The van der Waals surface area contributed by atoms with Gasteiger partial charge in [0.2, 0.25) is 5.91 Å². The van der Waals surface area contributed by atoms with Crippen LogP contribution in [0.4, 0.5) is 17.1 Å². The molecule has 1 heterocycles. The zero-order valence-corrected chi connectivity index (χ0v) is 22.1. The Kier molecular flexibility index (Phi) is 7.65. The van der Waals surface area contributed by atoms with Crippen LogP contribution in [0.5, 0.6) is 11.5 Å². The molecule has 0 atom stereocenters. The minimum absolute atomic E-state index is 0.0302. The van der Waals surface area contributed by atoms with Crippen LogP contribution in [0.3, 0.4) is 0 Å². The molecule has 4 aromatic rings. The number of ether oxygens (including phenoxy) is 2. The molecule has 38 heavy (non-hydrogen) atoms. The Morgan fingerprint density at radius 2 is 1.39 bits per heavy atom. The van der Waals surface area contributed by atoms with Crippen LogP contribution in [0.25, 0.3) is 0 Å². The van der Waals surface area contributed by atoms with Gasteiger partial charge in [0.1, 0.15) is 0 Å². The summed E-state index contributed by atoms with van der Waals surface area (Å²) < 4.78 is 10.5. The number of para-hydroxylation sites is 2. The van der Waals surface area contributed by atoms with Crippen molar-refractivity contribution in [1.82, 2.24) is 0 Å². The van der Waals surface area contributed by atoms with Crippen LogP contribution in [-0.2, 0) is 17.6 Å². The SMILES string of the molecule is COc1ccc(C(=O)Nc2ccc(SCC(=O)N3c4ccccc4CCc4ccccc43)cc2)cc1OC. The molecule has 0 bridgehead atoms. The summed E-state index contributed by atoms with van der Waals surface area (Å²) >= 11 is 1.48. The zero-order chi connectivity index (χ0) is 26.5.